The van der Waals surface area contributed by atoms with Crippen LogP contribution in [0.15, 0.2) is 46.9 Å². The van der Waals surface area contributed by atoms with E-state index in [-0.39, 0.29) is 5.75 Å². The van der Waals surface area contributed by atoms with Crippen LogP contribution in [-0.4, -0.2) is 41.4 Å². The van der Waals surface area contributed by atoms with Gasteiger partial charge < -0.3 is 19.2 Å². The molecule has 3 aromatic rings. The quantitative estimate of drug-likeness (QED) is 0.731. The van der Waals surface area contributed by atoms with Crippen molar-refractivity contribution >= 4 is 23.0 Å². The van der Waals surface area contributed by atoms with E-state index in [0.717, 1.165) is 59.7 Å². The number of aryl methyl sites for hydroxylation is 1. The van der Waals surface area contributed by atoms with Crippen LogP contribution in [0.5, 0.6) is 5.75 Å². The van der Waals surface area contributed by atoms with E-state index in [1.54, 1.807) is 18.2 Å². The number of rotatable bonds is 2. The molecule has 5 rings (SSSR count). The first-order valence-electron chi connectivity index (χ1n) is 9.58. The van der Waals surface area contributed by atoms with Crippen LogP contribution in [0.25, 0.3) is 28.6 Å². The fourth-order valence-electron chi connectivity index (χ4n) is 3.69. The van der Waals surface area contributed by atoms with Crippen LogP contribution in [0, 0.1) is 0 Å². The maximum absolute atomic E-state index is 9.91. The molecule has 3 heterocycles. The highest BCUT2D eigenvalue weighted by Gasteiger charge is 2.24. The average molecular weight is 375 g/mol. The molecular formula is C22H21N3O3. The molecule has 0 unspecified atom stereocenters. The summed E-state index contributed by atoms with van der Waals surface area (Å²) in [5, 5.41) is 9.91. The highest BCUT2D eigenvalue weighted by atomic mass is 16.5. The first-order chi connectivity index (χ1) is 13.8. The summed E-state index contributed by atoms with van der Waals surface area (Å²) in [4.78, 5) is 11.9. The molecule has 0 radical (unpaired) electrons. The summed E-state index contributed by atoms with van der Waals surface area (Å²) in [5.74, 6) is 2.51. The lowest BCUT2D eigenvalue weighted by Crippen LogP contribution is -2.37. The molecule has 0 amide bonds. The molecule has 28 heavy (non-hydrogen) atoms. The fraction of sp³-hybridized carbons (Fsp3) is 0.273. The number of furan rings is 1. The van der Waals surface area contributed by atoms with E-state index in [9.17, 15) is 5.11 Å². The lowest BCUT2D eigenvalue weighted by atomic mass is 10.1. The molecule has 0 bridgehead atoms. The van der Waals surface area contributed by atoms with Crippen molar-refractivity contribution in [2.75, 3.05) is 31.2 Å². The van der Waals surface area contributed by atoms with Crippen molar-refractivity contribution in [3.05, 3.63) is 53.8 Å². The number of hydrogen-bond donors (Lipinski definition) is 1. The van der Waals surface area contributed by atoms with Gasteiger partial charge in [0.2, 0.25) is 0 Å². The summed E-state index contributed by atoms with van der Waals surface area (Å²) in [6, 6.07) is 7.05. The Morgan fingerprint density at radius 1 is 1.07 bits per heavy atom. The number of anilines is 1. The molecule has 1 aliphatic carbocycles. The Morgan fingerprint density at radius 3 is 2.82 bits per heavy atom. The predicted molar refractivity (Wildman–Crippen MR) is 108 cm³/mol. The number of nitrogens with zero attached hydrogens (tertiary/aromatic N) is 3. The van der Waals surface area contributed by atoms with Crippen molar-refractivity contribution in [1.82, 2.24) is 9.97 Å². The first kappa shape index (κ1) is 17.0. The van der Waals surface area contributed by atoms with Crippen LogP contribution in [0.2, 0.25) is 0 Å². The van der Waals surface area contributed by atoms with Gasteiger partial charge in [0.15, 0.2) is 17.2 Å². The van der Waals surface area contributed by atoms with Gasteiger partial charge in [-0.3, -0.25) is 0 Å². The topological polar surface area (TPSA) is 71.6 Å². The highest BCUT2D eigenvalue weighted by molar-refractivity contribution is 5.93. The van der Waals surface area contributed by atoms with Gasteiger partial charge in [-0.25, -0.2) is 9.97 Å². The second kappa shape index (κ2) is 7.13. The minimum absolute atomic E-state index is 0.196. The number of phenolic OH excluding ortho intramolecular Hbond substituents is 1. The van der Waals surface area contributed by atoms with E-state index in [1.807, 2.05) is 12.1 Å². The summed E-state index contributed by atoms with van der Waals surface area (Å²) in [5.41, 5.74) is 3.33. The molecule has 142 valence electrons. The van der Waals surface area contributed by atoms with Crippen molar-refractivity contribution in [2.24, 2.45) is 0 Å². The molecule has 6 nitrogen and oxygen atoms in total. The van der Waals surface area contributed by atoms with Crippen molar-refractivity contribution in [2.45, 2.75) is 12.8 Å². The molecule has 2 aromatic heterocycles. The monoisotopic (exact) mass is 375 g/mol. The molecule has 1 saturated heterocycles. The van der Waals surface area contributed by atoms with Crippen molar-refractivity contribution in [1.29, 1.82) is 0 Å². The summed E-state index contributed by atoms with van der Waals surface area (Å²) in [6.07, 6.45) is 10.0. The molecular weight excluding hydrogens is 354 g/mol. The predicted octanol–water partition coefficient (Wildman–Crippen LogP) is 3.95. The van der Waals surface area contributed by atoms with Gasteiger partial charge in [-0.15, -0.1) is 0 Å². The number of aromatic hydroxyl groups is 1. The molecule has 0 spiro atoms. The van der Waals surface area contributed by atoms with Crippen LogP contribution in [-0.2, 0) is 11.2 Å². The maximum atomic E-state index is 9.91. The third-order valence-corrected chi connectivity index (χ3v) is 5.09. The minimum Gasteiger partial charge on any atom is -0.508 e. The number of ether oxygens (including phenoxy) is 1. The zero-order valence-electron chi connectivity index (χ0n) is 15.5. The second-order valence-electron chi connectivity index (χ2n) is 6.96. The van der Waals surface area contributed by atoms with Crippen LogP contribution < -0.4 is 4.90 Å². The fourth-order valence-corrected chi connectivity index (χ4v) is 3.69. The standard InChI is InChI=1S/C22H21N3O3/c26-16-7-5-6-15(14-16)21-23-19-17-8-3-1-2-4-9-18(17)28-20(19)22(24-21)25-10-12-27-13-11-25/h1-3,5-8,14,26H,4,9-13H2. The van der Waals surface area contributed by atoms with Gasteiger partial charge >= 0.3 is 0 Å². The Hall–Kier alpha value is -3.12. The molecule has 2 aliphatic rings. The molecule has 1 aliphatic heterocycles. The van der Waals surface area contributed by atoms with Gasteiger partial charge in [0.1, 0.15) is 17.0 Å². The van der Waals surface area contributed by atoms with Gasteiger partial charge in [-0.2, -0.15) is 0 Å². The van der Waals surface area contributed by atoms with E-state index in [0.29, 0.717) is 19.0 Å². The van der Waals surface area contributed by atoms with E-state index in [1.165, 1.54) is 0 Å². The van der Waals surface area contributed by atoms with Crippen LogP contribution >= 0.6 is 0 Å². The van der Waals surface area contributed by atoms with Gasteiger partial charge in [-0.1, -0.05) is 30.4 Å². The van der Waals surface area contributed by atoms with E-state index in [4.69, 9.17) is 19.1 Å². The molecule has 1 N–H and O–H groups in total. The third kappa shape index (κ3) is 3.05. The van der Waals surface area contributed by atoms with Crippen molar-refractivity contribution in [3.63, 3.8) is 0 Å². The lowest BCUT2D eigenvalue weighted by Gasteiger charge is -2.27. The first-order valence-corrected chi connectivity index (χ1v) is 9.58. The summed E-state index contributed by atoms with van der Waals surface area (Å²) in [6.45, 7) is 2.84. The zero-order valence-corrected chi connectivity index (χ0v) is 15.5. The normalized spacial score (nSPS) is 16.8. The van der Waals surface area contributed by atoms with Crippen molar-refractivity contribution < 1.29 is 14.3 Å². The largest absolute Gasteiger partial charge is 0.508 e. The molecule has 6 heteroatoms. The van der Waals surface area contributed by atoms with Crippen molar-refractivity contribution in [3.8, 4) is 17.1 Å². The lowest BCUT2D eigenvalue weighted by molar-refractivity contribution is 0.122. The Labute approximate surface area is 162 Å². The second-order valence-corrected chi connectivity index (χ2v) is 6.96. The number of hydrogen-bond acceptors (Lipinski definition) is 6. The smallest absolute Gasteiger partial charge is 0.195 e. The summed E-state index contributed by atoms with van der Waals surface area (Å²) >= 11 is 0. The zero-order chi connectivity index (χ0) is 18.9. The average Bonchev–Trinajstić information content (AvgIpc) is 3.04. The summed E-state index contributed by atoms with van der Waals surface area (Å²) in [7, 11) is 0. The SMILES string of the molecule is Oc1cccc(-c2nc(N3CCOCC3)c3oc4c(c3n2)C=CC=CCC4)c1. The van der Waals surface area contributed by atoms with Crippen LogP contribution in [0.1, 0.15) is 17.7 Å². The molecule has 1 aromatic carbocycles. The Morgan fingerprint density at radius 2 is 1.96 bits per heavy atom. The number of benzene rings is 1. The Kier molecular flexibility index (Phi) is 4.33. The molecule has 0 atom stereocenters. The van der Waals surface area contributed by atoms with E-state index < -0.39 is 0 Å². The maximum Gasteiger partial charge on any atom is 0.195 e. The van der Waals surface area contributed by atoms with Gasteiger partial charge in [-0.05, 0) is 24.6 Å². The Bertz CT molecular complexity index is 1080. The number of morpholine rings is 1. The third-order valence-electron chi connectivity index (χ3n) is 5.09. The summed E-state index contributed by atoms with van der Waals surface area (Å²) < 4.78 is 11.8. The molecule has 1 fully saturated rings. The number of allylic oxidation sites excluding steroid dienone is 3. The van der Waals surface area contributed by atoms with Crippen LogP contribution in [0.4, 0.5) is 5.82 Å². The highest BCUT2D eigenvalue weighted by Crippen LogP contribution is 2.35. The van der Waals surface area contributed by atoms with Gasteiger partial charge in [0.05, 0.1) is 13.2 Å². The van der Waals surface area contributed by atoms with E-state index in [2.05, 4.69) is 23.1 Å². The minimum atomic E-state index is 0.196. The van der Waals surface area contributed by atoms with Crippen LogP contribution in [0.3, 0.4) is 0 Å². The Balaban J connectivity index is 1.75. The number of aromatic nitrogens is 2. The van der Waals surface area contributed by atoms with Gasteiger partial charge in [0.25, 0.3) is 0 Å². The molecule has 0 saturated carbocycles. The van der Waals surface area contributed by atoms with Gasteiger partial charge in [0, 0.05) is 30.6 Å². The number of fused-ring (bicyclic) bond motifs is 3. The number of phenols is 1. The van der Waals surface area contributed by atoms with E-state index >= 15 is 0 Å².